The number of nitrogens with one attached hydrogen (secondary N) is 1. The minimum Gasteiger partial charge on any atom is -0.486 e. The molecule has 8 heteroatoms. The predicted molar refractivity (Wildman–Crippen MR) is 97.1 cm³/mol. The standard InChI is InChI=1S/C19H21FN4O3/c1-11-7-13-15(9-22-19(13)25)23-18(11)24-6-5-16(14(20)10-24)27-12-3-4-17(26-2)21-8-12/h3-4,7-8,14,16H,5-6,9-10H2,1-2H3,(H,22,25)/t14?,16-/m1/s1. The fraction of sp³-hybridized carbons (Fsp3) is 0.421. The van der Waals surface area contributed by atoms with Gasteiger partial charge >= 0.3 is 0 Å². The monoisotopic (exact) mass is 372 g/mol. The lowest BCUT2D eigenvalue weighted by Crippen LogP contribution is -2.47. The average Bonchev–Trinajstić information content (AvgIpc) is 3.03. The van der Waals surface area contributed by atoms with E-state index in [2.05, 4.69) is 15.3 Å². The van der Waals surface area contributed by atoms with E-state index in [-0.39, 0.29) is 12.5 Å². The third kappa shape index (κ3) is 3.39. The van der Waals surface area contributed by atoms with E-state index in [0.717, 1.165) is 17.1 Å². The molecule has 1 N–H and O–H groups in total. The van der Waals surface area contributed by atoms with Crippen LogP contribution in [0.25, 0.3) is 0 Å². The maximum Gasteiger partial charge on any atom is 0.253 e. The van der Waals surface area contributed by atoms with Gasteiger partial charge in [0.15, 0.2) is 6.17 Å². The minimum absolute atomic E-state index is 0.101. The Hall–Kier alpha value is -2.90. The Balaban J connectivity index is 1.45. The normalized spacial score (nSPS) is 21.6. The molecule has 1 saturated heterocycles. The molecule has 0 aliphatic carbocycles. The molecule has 1 fully saturated rings. The maximum absolute atomic E-state index is 14.8. The number of alkyl halides is 1. The number of fused-ring (bicyclic) bond motifs is 1. The molecular weight excluding hydrogens is 351 g/mol. The summed E-state index contributed by atoms with van der Waals surface area (Å²) in [6.45, 7) is 3.14. The lowest BCUT2D eigenvalue weighted by Gasteiger charge is -2.36. The topological polar surface area (TPSA) is 76.6 Å². The second kappa shape index (κ2) is 7.02. The highest BCUT2D eigenvalue weighted by molar-refractivity contribution is 5.98. The summed E-state index contributed by atoms with van der Waals surface area (Å²) < 4.78 is 25.6. The van der Waals surface area contributed by atoms with Crippen LogP contribution in [0.1, 0.15) is 28.0 Å². The summed E-state index contributed by atoms with van der Waals surface area (Å²) in [6, 6.07) is 5.24. The highest BCUT2D eigenvalue weighted by atomic mass is 19.1. The van der Waals surface area contributed by atoms with Gasteiger partial charge in [-0.2, -0.15) is 0 Å². The SMILES string of the molecule is COc1ccc(O[C@@H]2CCN(c3nc4c(cc3C)C(=O)NC4)CC2F)cn1. The largest absolute Gasteiger partial charge is 0.486 e. The third-order valence-electron chi connectivity index (χ3n) is 4.91. The summed E-state index contributed by atoms with van der Waals surface area (Å²) in [5, 5.41) is 2.76. The van der Waals surface area contributed by atoms with E-state index in [1.165, 1.54) is 13.3 Å². The summed E-state index contributed by atoms with van der Waals surface area (Å²) in [7, 11) is 1.54. The molecule has 0 saturated carbocycles. The number of hydrogen-bond donors (Lipinski definition) is 1. The van der Waals surface area contributed by atoms with Gasteiger partial charge < -0.3 is 19.7 Å². The van der Waals surface area contributed by atoms with E-state index in [1.54, 1.807) is 12.1 Å². The first-order valence-electron chi connectivity index (χ1n) is 8.89. The fourth-order valence-corrected chi connectivity index (χ4v) is 3.49. The Morgan fingerprint density at radius 1 is 1.37 bits per heavy atom. The zero-order valence-electron chi connectivity index (χ0n) is 15.2. The molecule has 2 aliphatic heterocycles. The molecule has 7 nitrogen and oxygen atoms in total. The molecule has 0 spiro atoms. The van der Waals surface area contributed by atoms with Crippen LogP contribution in [0.15, 0.2) is 24.4 Å². The van der Waals surface area contributed by atoms with E-state index in [0.29, 0.717) is 36.7 Å². The molecule has 4 rings (SSSR count). The van der Waals surface area contributed by atoms with Crippen LogP contribution in [-0.4, -0.2) is 48.4 Å². The van der Waals surface area contributed by atoms with Gasteiger partial charge in [-0.1, -0.05) is 0 Å². The summed E-state index contributed by atoms with van der Waals surface area (Å²) in [6.07, 6.45) is 0.376. The molecule has 27 heavy (non-hydrogen) atoms. The van der Waals surface area contributed by atoms with E-state index >= 15 is 0 Å². The number of aryl methyl sites for hydroxylation is 1. The second-order valence-electron chi connectivity index (χ2n) is 6.75. The smallest absolute Gasteiger partial charge is 0.253 e. The Labute approximate surface area is 156 Å². The lowest BCUT2D eigenvalue weighted by molar-refractivity contribution is 0.0814. The molecule has 2 aromatic heterocycles. The number of hydrogen-bond acceptors (Lipinski definition) is 6. The molecule has 1 amide bonds. The van der Waals surface area contributed by atoms with E-state index in [4.69, 9.17) is 9.47 Å². The van der Waals surface area contributed by atoms with Crippen molar-refractivity contribution < 1.29 is 18.7 Å². The number of pyridine rings is 2. The molecule has 0 radical (unpaired) electrons. The molecular formula is C19H21FN4O3. The number of carbonyl (C=O) groups excluding carboxylic acids is 1. The molecule has 4 heterocycles. The van der Waals surface area contributed by atoms with Crippen molar-refractivity contribution in [3.8, 4) is 11.6 Å². The number of anilines is 1. The van der Waals surface area contributed by atoms with Crippen LogP contribution in [0.2, 0.25) is 0 Å². The van der Waals surface area contributed by atoms with Gasteiger partial charge in [0.05, 0.1) is 37.7 Å². The number of nitrogens with zero attached hydrogens (tertiary/aromatic N) is 3. The third-order valence-corrected chi connectivity index (χ3v) is 4.91. The summed E-state index contributed by atoms with van der Waals surface area (Å²) in [5.74, 6) is 1.64. The van der Waals surface area contributed by atoms with E-state index in [9.17, 15) is 9.18 Å². The van der Waals surface area contributed by atoms with Crippen LogP contribution in [0.4, 0.5) is 10.2 Å². The highest BCUT2D eigenvalue weighted by Crippen LogP contribution is 2.28. The first kappa shape index (κ1) is 17.5. The Bertz CT molecular complexity index is 859. The first-order valence-corrected chi connectivity index (χ1v) is 8.89. The van der Waals surface area contributed by atoms with Crippen molar-refractivity contribution in [2.24, 2.45) is 0 Å². The van der Waals surface area contributed by atoms with Crippen LogP contribution in [0.5, 0.6) is 11.6 Å². The number of amides is 1. The summed E-state index contributed by atoms with van der Waals surface area (Å²) >= 11 is 0. The molecule has 2 atom stereocenters. The van der Waals surface area contributed by atoms with Crippen LogP contribution in [0.3, 0.4) is 0 Å². The molecule has 0 aromatic carbocycles. The molecule has 2 aliphatic rings. The summed E-state index contributed by atoms with van der Waals surface area (Å²) in [5.41, 5.74) is 2.20. The molecule has 2 aromatic rings. The fourth-order valence-electron chi connectivity index (χ4n) is 3.49. The van der Waals surface area contributed by atoms with Gasteiger partial charge in [-0.3, -0.25) is 4.79 Å². The molecule has 142 valence electrons. The lowest BCUT2D eigenvalue weighted by atomic mass is 10.0. The van der Waals surface area contributed by atoms with Gasteiger partial charge in [0.1, 0.15) is 17.7 Å². The van der Waals surface area contributed by atoms with Gasteiger partial charge in [0, 0.05) is 19.0 Å². The van der Waals surface area contributed by atoms with E-state index in [1.807, 2.05) is 17.9 Å². The van der Waals surface area contributed by atoms with Gasteiger partial charge in [-0.05, 0) is 24.6 Å². The number of rotatable bonds is 4. The van der Waals surface area contributed by atoms with Crippen molar-refractivity contribution in [2.75, 3.05) is 25.1 Å². The van der Waals surface area contributed by atoms with Crippen molar-refractivity contribution >= 4 is 11.7 Å². The molecule has 1 unspecified atom stereocenters. The number of ether oxygens (including phenoxy) is 2. The predicted octanol–water partition coefficient (Wildman–Crippen LogP) is 2.03. The van der Waals surface area contributed by atoms with Crippen molar-refractivity contribution in [3.05, 3.63) is 41.2 Å². The van der Waals surface area contributed by atoms with Crippen molar-refractivity contribution in [1.29, 1.82) is 0 Å². The quantitative estimate of drug-likeness (QED) is 0.885. The number of halogens is 1. The number of piperidine rings is 1. The van der Waals surface area contributed by atoms with Crippen LogP contribution in [-0.2, 0) is 6.54 Å². The van der Waals surface area contributed by atoms with E-state index < -0.39 is 12.3 Å². The average molecular weight is 372 g/mol. The van der Waals surface area contributed by atoms with Gasteiger partial charge in [0.25, 0.3) is 5.91 Å². The summed E-state index contributed by atoms with van der Waals surface area (Å²) in [4.78, 5) is 22.4. The Kier molecular flexibility index (Phi) is 4.55. The van der Waals surface area contributed by atoms with Crippen LogP contribution >= 0.6 is 0 Å². The number of aromatic nitrogens is 2. The second-order valence-corrected chi connectivity index (χ2v) is 6.75. The van der Waals surface area contributed by atoms with Crippen molar-refractivity contribution in [3.63, 3.8) is 0 Å². The van der Waals surface area contributed by atoms with Gasteiger partial charge in [-0.25, -0.2) is 14.4 Å². The van der Waals surface area contributed by atoms with Crippen molar-refractivity contribution in [2.45, 2.75) is 32.2 Å². The van der Waals surface area contributed by atoms with Crippen molar-refractivity contribution in [1.82, 2.24) is 15.3 Å². The number of methoxy groups -OCH3 is 1. The Morgan fingerprint density at radius 2 is 2.22 bits per heavy atom. The first-order chi connectivity index (χ1) is 13.0. The van der Waals surface area contributed by atoms with Gasteiger partial charge in [-0.15, -0.1) is 0 Å². The van der Waals surface area contributed by atoms with Crippen LogP contribution < -0.4 is 19.7 Å². The Morgan fingerprint density at radius 3 is 2.93 bits per heavy atom. The van der Waals surface area contributed by atoms with Gasteiger partial charge in [0.2, 0.25) is 5.88 Å². The molecule has 0 bridgehead atoms. The highest BCUT2D eigenvalue weighted by Gasteiger charge is 2.33. The zero-order valence-corrected chi connectivity index (χ0v) is 15.2. The maximum atomic E-state index is 14.8. The minimum atomic E-state index is -1.16. The number of carbonyl (C=O) groups is 1. The van der Waals surface area contributed by atoms with Crippen LogP contribution in [0, 0.1) is 6.92 Å². The zero-order chi connectivity index (χ0) is 19.0.